The van der Waals surface area contributed by atoms with Gasteiger partial charge in [0, 0.05) is 45.0 Å². The summed E-state index contributed by atoms with van der Waals surface area (Å²) in [5.74, 6) is -0.837. The zero-order chi connectivity index (χ0) is 18.7. The number of nitrogens with one attached hydrogen (secondary N) is 1. The number of hydrogen-bond donors (Lipinski definition) is 1. The summed E-state index contributed by atoms with van der Waals surface area (Å²) < 4.78 is 13.8. The zero-order valence-electron chi connectivity index (χ0n) is 14.3. The highest BCUT2D eigenvalue weighted by atomic mass is 19.1. The predicted molar refractivity (Wildman–Crippen MR) is 97.2 cm³/mol. The summed E-state index contributed by atoms with van der Waals surface area (Å²) in [6.45, 7) is 2.06. The van der Waals surface area contributed by atoms with Crippen LogP contribution in [0.25, 0.3) is 0 Å². The van der Waals surface area contributed by atoms with Crippen molar-refractivity contribution in [3.05, 3.63) is 64.0 Å². The molecule has 0 radical (unpaired) electrons. The Bertz CT molecular complexity index is 835. The molecule has 1 aliphatic rings. The van der Waals surface area contributed by atoms with Gasteiger partial charge in [0.15, 0.2) is 0 Å². The van der Waals surface area contributed by atoms with Gasteiger partial charge in [-0.25, -0.2) is 4.39 Å². The maximum Gasteiger partial charge on any atom is 0.292 e. The third kappa shape index (κ3) is 3.44. The summed E-state index contributed by atoms with van der Waals surface area (Å²) in [5, 5.41) is 13.9. The second kappa shape index (κ2) is 7.38. The average molecular weight is 358 g/mol. The van der Waals surface area contributed by atoms with Gasteiger partial charge in [0.05, 0.1) is 10.5 Å². The van der Waals surface area contributed by atoms with Crippen molar-refractivity contribution in [2.75, 3.05) is 43.4 Å². The Morgan fingerprint density at radius 3 is 2.46 bits per heavy atom. The normalized spacial score (nSPS) is 14.2. The third-order valence-corrected chi connectivity index (χ3v) is 4.48. The maximum absolute atomic E-state index is 13.8. The van der Waals surface area contributed by atoms with E-state index in [2.05, 4.69) is 10.2 Å². The van der Waals surface area contributed by atoms with Gasteiger partial charge in [-0.1, -0.05) is 12.1 Å². The number of rotatable bonds is 4. The molecule has 1 fully saturated rings. The van der Waals surface area contributed by atoms with Gasteiger partial charge in [-0.2, -0.15) is 0 Å². The van der Waals surface area contributed by atoms with E-state index in [1.165, 1.54) is 18.2 Å². The molecule has 1 aliphatic heterocycles. The number of carbonyl (C=O) groups is 1. The number of carbonyl (C=O) groups excluding carboxylic acids is 1. The van der Waals surface area contributed by atoms with Crippen LogP contribution >= 0.6 is 0 Å². The number of anilines is 2. The highest BCUT2D eigenvalue weighted by Crippen LogP contribution is 2.29. The third-order valence-electron chi connectivity index (χ3n) is 4.48. The van der Waals surface area contributed by atoms with Crippen LogP contribution in [0.15, 0.2) is 42.5 Å². The minimum atomic E-state index is -0.519. The molecule has 0 saturated carbocycles. The molecule has 136 valence electrons. The van der Waals surface area contributed by atoms with Crippen molar-refractivity contribution in [3.63, 3.8) is 0 Å². The summed E-state index contributed by atoms with van der Waals surface area (Å²) in [6.07, 6.45) is 0. The van der Waals surface area contributed by atoms with Crippen molar-refractivity contribution in [1.82, 2.24) is 4.90 Å². The molecule has 0 aromatic heterocycles. The first kappa shape index (κ1) is 17.7. The highest BCUT2D eigenvalue weighted by Gasteiger charge is 2.25. The molecule has 2 aromatic rings. The number of hydrogen-bond acceptors (Lipinski definition) is 5. The van der Waals surface area contributed by atoms with E-state index in [0.717, 1.165) is 5.69 Å². The fourth-order valence-electron chi connectivity index (χ4n) is 3.05. The molecule has 0 bridgehead atoms. The fourth-order valence-corrected chi connectivity index (χ4v) is 3.05. The minimum absolute atomic E-state index is 0.0182. The van der Waals surface area contributed by atoms with Crippen LogP contribution in [-0.4, -0.2) is 49.0 Å². The SMILES string of the molecule is CNc1cc(N2CCN(C(=O)c3ccccc3F)CC2)ccc1[N+](=O)[O-]. The van der Waals surface area contributed by atoms with E-state index in [9.17, 15) is 19.3 Å². The van der Waals surface area contributed by atoms with E-state index >= 15 is 0 Å². The van der Waals surface area contributed by atoms with Crippen LogP contribution in [-0.2, 0) is 0 Å². The van der Waals surface area contributed by atoms with Gasteiger partial charge in [0.2, 0.25) is 0 Å². The lowest BCUT2D eigenvalue weighted by molar-refractivity contribution is -0.383. The van der Waals surface area contributed by atoms with E-state index < -0.39 is 10.7 Å². The van der Waals surface area contributed by atoms with Crippen molar-refractivity contribution in [3.8, 4) is 0 Å². The quantitative estimate of drug-likeness (QED) is 0.672. The second-order valence-electron chi connectivity index (χ2n) is 5.97. The van der Waals surface area contributed by atoms with Gasteiger partial charge in [-0.05, 0) is 24.3 Å². The van der Waals surface area contributed by atoms with Crippen LogP contribution in [0, 0.1) is 15.9 Å². The molecule has 1 saturated heterocycles. The Labute approximate surface area is 150 Å². The van der Waals surface area contributed by atoms with Gasteiger partial charge < -0.3 is 15.1 Å². The first-order chi connectivity index (χ1) is 12.5. The van der Waals surface area contributed by atoms with Gasteiger partial charge >= 0.3 is 0 Å². The Balaban J connectivity index is 1.70. The molecular formula is C18H19FN4O3. The number of amides is 1. The minimum Gasteiger partial charge on any atom is -0.383 e. The first-order valence-corrected chi connectivity index (χ1v) is 8.26. The van der Waals surface area contributed by atoms with Crippen LogP contribution in [0.5, 0.6) is 0 Å². The van der Waals surface area contributed by atoms with Crippen LogP contribution < -0.4 is 10.2 Å². The summed E-state index contributed by atoms with van der Waals surface area (Å²) in [4.78, 5) is 26.7. The molecule has 1 amide bonds. The second-order valence-corrected chi connectivity index (χ2v) is 5.97. The molecular weight excluding hydrogens is 339 g/mol. The predicted octanol–water partition coefficient (Wildman–Crippen LogP) is 2.74. The van der Waals surface area contributed by atoms with Crippen molar-refractivity contribution in [1.29, 1.82) is 0 Å². The van der Waals surface area contributed by atoms with Crippen molar-refractivity contribution < 1.29 is 14.1 Å². The van der Waals surface area contributed by atoms with Gasteiger partial charge in [0.25, 0.3) is 11.6 Å². The zero-order valence-corrected chi connectivity index (χ0v) is 14.3. The Morgan fingerprint density at radius 2 is 1.85 bits per heavy atom. The van der Waals surface area contributed by atoms with Crippen molar-refractivity contribution in [2.45, 2.75) is 0 Å². The summed E-state index contributed by atoms with van der Waals surface area (Å²) in [6, 6.07) is 10.9. The van der Waals surface area contributed by atoms with E-state index in [1.807, 2.05) is 0 Å². The average Bonchev–Trinajstić information content (AvgIpc) is 2.67. The first-order valence-electron chi connectivity index (χ1n) is 8.26. The Morgan fingerprint density at radius 1 is 1.15 bits per heavy atom. The largest absolute Gasteiger partial charge is 0.383 e. The molecule has 1 N–H and O–H groups in total. The Hall–Kier alpha value is -3.16. The molecule has 2 aromatic carbocycles. The lowest BCUT2D eigenvalue weighted by atomic mass is 10.1. The van der Waals surface area contributed by atoms with Crippen LogP contribution in [0.1, 0.15) is 10.4 Å². The molecule has 0 aliphatic carbocycles. The molecule has 3 rings (SSSR count). The monoisotopic (exact) mass is 358 g/mol. The molecule has 0 spiro atoms. The molecule has 8 heteroatoms. The fraction of sp³-hybridized carbons (Fsp3) is 0.278. The smallest absolute Gasteiger partial charge is 0.292 e. The van der Waals surface area contributed by atoms with Crippen molar-refractivity contribution in [2.24, 2.45) is 0 Å². The Kier molecular flexibility index (Phi) is 5.01. The van der Waals surface area contributed by atoms with E-state index in [-0.39, 0.29) is 17.2 Å². The summed E-state index contributed by atoms with van der Waals surface area (Å²) in [5.41, 5.74) is 1.38. The number of halogens is 1. The van der Waals surface area contributed by atoms with Gasteiger partial charge in [-0.15, -0.1) is 0 Å². The number of nitrogens with zero attached hydrogens (tertiary/aromatic N) is 3. The highest BCUT2D eigenvalue weighted by molar-refractivity contribution is 5.94. The molecule has 1 heterocycles. The van der Waals surface area contributed by atoms with Gasteiger partial charge in [-0.3, -0.25) is 14.9 Å². The lowest BCUT2D eigenvalue weighted by Crippen LogP contribution is -2.49. The summed E-state index contributed by atoms with van der Waals surface area (Å²) in [7, 11) is 1.64. The topological polar surface area (TPSA) is 78.7 Å². The summed E-state index contributed by atoms with van der Waals surface area (Å²) >= 11 is 0. The maximum atomic E-state index is 13.8. The van der Waals surface area contributed by atoms with E-state index in [4.69, 9.17) is 0 Å². The number of benzene rings is 2. The molecule has 7 nitrogen and oxygen atoms in total. The van der Waals surface area contributed by atoms with Gasteiger partial charge in [0.1, 0.15) is 11.5 Å². The van der Waals surface area contributed by atoms with Crippen molar-refractivity contribution >= 4 is 23.0 Å². The molecule has 0 unspecified atom stereocenters. The van der Waals surface area contributed by atoms with Crippen LogP contribution in [0.2, 0.25) is 0 Å². The molecule has 26 heavy (non-hydrogen) atoms. The number of nitro groups is 1. The lowest BCUT2D eigenvalue weighted by Gasteiger charge is -2.36. The van der Waals surface area contributed by atoms with E-state index in [1.54, 1.807) is 36.2 Å². The van der Waals surface area contributed by atoms with E-state index in [0.29, 0.717) is 31.9 Å². The standard InChI is InChI=1S/C18H19FN4O3/c1-20-16-12-13(6-7-17(16)23(25)26)21-8-10-22(11-9-21)18(24)14-4-2-3-5-15(14)19/h2-7,12,20H,8-11H2,1H3. The van der Waals surface area contributed by atoms with Crippen LogP contribution in [0.3, 0.4) is 0 Å². The molecule has 0 atom stereocenters. The number of nitro benzene ring substituents is 1. The number of piperazine rings is 1. The van der Waals surface area contributed by atoms with Crippen LogP contribution in [0.4, 0.5) is 21.5 Å².